The molecule has 0 aliphatic rings. The number of fused-ring (bicyclic) bond motifs is 1. The molecule has 0 saturated heterocycles. The smallest absolute Gasteiger partial charge is 0.252 e. The van der Waals surface area contributed by atoms with Crippen molar-refractivity contribution in [2.45, 2.75) is 40.2 Å². The van der Waals surface area contributed by atoms with E-state index in [0.29, 0.717) is 18.7 Å². The van der Waals surface area contributed by atoms with Crippen LogP contribution in [0.3, 0.4) is 0 Å². The summed E-state index contributed by atoms with van der Waals surface area (Å²) in [6.45, 7) is 8.32. The molecule has 0 saturated carbocycles. The molecule has 2 aromatic carbocycles. The summed E-state index contributed by atoms with van der Waals surface area (Å²) >= 11 is 0. The summed E-state index contributed by atoms with van der Waals surface area (Å²) < 4.78 is 7.06. The standard InChI is InChI=1S/C23H26N2O3/c1-5-20(23(27)24-17-10-12-18(13-11-17)28-6-2)25-21(26)14-16(4)19-9-7-8-15(3)22(19)25/h7-14,20H,5-6H2,1-4H3,(H,24,27). The molecule has 0 aliphatic heterocycles. The predicted molar refractivity (Wildman–Crippen MR) is 113 cm³/mol. The lowest BCUT2D eigenvalue weighted by molar-refractivity contribution is -0.119. The number of aromatic nitrogens is 1. The third kappa shape index (κ3) is 3.79. The molecule has 1 N–H and O–H groups in total. The van der Waals surface area contributed by atoms with Crippen molar-refractivity contribution in [3.63, 3.8) is 0 Å². The minimum absolute atomic E-state index is 0.159. The largest absolute Gasteiger partial charge is 0.494 e. The molecule has 5 nitrogen and oxygen atoms in total. The van der Waals surface area contributed by atoms with Gasteiger partial charge in [-0.2, -0.15) is 0 Å². The fraction of sp³-hybridized carbons (Fsp3) is 0.304. The van der Waals surface area contributed by atoms with E-state index in [4.69, 9.17) is 4.74 Å². The molecule has 0 bridgehead atoms. The number of amides is 1. The van der Waals surface area contributed by atoms with E-state index in [1.54, 1.807) is 22.8 Å². The van der Waals surface area contributed by atoms with Gasteiger partial charge in [-0.1, -0.05) is 25.1 Å². The van der Waals surface area contributed by atoms with E-state index in [1.165, 1.54) is 0 Å². The van der Waals surface area contributed by atoms with Gasteiger partial charge in [0.25, 0.3) is 5.56 Å². The third-order valence-corrected chi connectivity index (χ3v) is 4.91. The van der Waals surface area contributed by atoms with Gasteiger partial charge < -0.3 is 10.1 Å². The Labute approximate surface area is 165 Å². The SMILES string of the molecule is CCOc1ccc(NC(=O)C(CC)n2c(=O)cc(C)c3cccc(C)c32)cc1. The second kappa shape index (κ2) is 8.30. The van der Waals surface area contributed by atoms with E-state index in [0.717, 1.165) is 27.8 Å². The summed E-state index contributed by atoms with van der Waals surface area (Å²) in [5.41, 5.74) is 3.23. The lowest BCUT2D eigenvalue weighted by Crippen LogP contribution is -2.33. The molecule has 0 fully saturated rings. The Balaban J connectivity index is 1.99. The molecule has 3 rings (SSSR count). The number of carbonyl (C=O) groups is 1. The molecule has 0 radical (unpaired) electrons. The second-order valence-corrected chi connectivity index (χ2v) is 6.88. The topological polar surface area (TPSA) is 60.3 Å². The van der Waals surface area contributed by atoms with Gasteiger partial charge in [0, 0.05) is 17.1 Å². The fourth-order valence-corrected chi connectivity index (χ4v) is 3.56. The first-order valence-electron chi connectivity index (χ1n) is 9.61. The van der Waals surface area contributed by atoms with E-state index in [2.05, 4.69) is 5.32 Å². The molecule has 1 heterocycles. The number of carbonyl (C=O) groups excluding carboxylic acids is 1. The van der Waals surface area contributed by atoms with Crippen LogP contribution in [-0.2, 0) is 4.79 Å². The van der Waals surface area contributed by atoms with Crippen LogP contribution in [-0.4, -0.2) is 17.1 Å². The Kier molecular flexibility index (Phi) is 5.83. The molecule has 0 aliphatic carbocycles. The highest BCUT2D eigenvalue weighted by molar-refractivity contribution is 5.95. The zero-order valence-corrected chi connectivity index (χ0v) is 16.8. The van der Waals surface area contributed by atoms with E-state index in [9.17, 15) is 9.59 Å². The van der Waals surface area contributed by atoms with Crippen molar-refractivity contribution in [3.05, 3.63) is 70.0 Å². The number of hydrogen-bond acceptors (Lipinski definition) is 3. The Hall–Kier alpha value is -3.08. The van der Waals surface area contributed by atoms with Gasteiger partial charge >= 0.3 is 0 Å². The Morgan fingerprint density at radius 1 is 1.07 bits per heavy atom. The molecule has 5 heteroatoms. The van der Waals surface area contributed by atoms with Crippen molar-refractivity contribution in [2.75, 3.05) is 11.9 Å². The molecule has 1 aromatic heterocycles. The summed E-state index contributed by atoms with van der Waals surface area (Å²) in [5.74, 6) is 0.547. The minimum Gasteiger partial charge on any atom is -0.494 e. The maximum atomic E-state index is 13.0. The van der Waals surface area contributed by atoms with Crippen LogP contribution < -0.4 is 15.6 Å². The second-order valence-electron chi connectivity index (χ2n) is 6.88. The van der Waals surface area contributed by atoms with Crippen LogP contribution >= 0.6 is 0 Å². The van der Waals surface area contributed by atoms with Crippen molar-refractivity contribution in [2.24, 2.45) is 0 Å². The van der Waals surface area contributed by atoms with Crippen molar-refractivity contribution in [1.82, 2.24) is 4.57 Å². The summed E-state index contributed by atoms with van der Waals surface area (Å²) in [6.07, 6.45) is 0.509. The number of nitrogens with one attached hydrogen (secondary N) is 1. The van der Waals surface area contributed by atoms with Crippen LogP contribution in [0.2, 0.25) is 0 Å². The van der Waals surface area contributed by atoms with Crippen LogP contribution in [0.1, 0.15) is 37.4 Å². The van der Waals surface area contributed by atoms with Crippen LogP contribution in [0.25, 0.3) is 10.9 Å². The zero-order valence-electron chi connectivity index (χ0n) is 16.8. The van der Waals surface area contributed by atoms with Gasteiger partial charge in [-0.25, -0.2) is 0 Å². The number of anilines is 1. The van der Waals surface area contributed by atoms with Crippen molar-refractivity contribution in [3.8, 4) is 5.75 Å². The number of pyridine rings is 1. The van der Waals surface area contributed by atoms with Crippen LogP contribution in [0, 0.1) is 13.8 Å². The molecular weight excluding hydrogens is 352 g/mol. The highest BCUT2D eigenvalue weighted by atomic mass is 16.5. The number of benzene rings is 2. The fourth-order valence-electron chi connectivity index (χ4n) is 3.56. The van der Waals surface area contributed by atoms with Gasteiger partial charge in [0.05, 0.1) is 12.1 Å². The molecule has 3 aromatic rings. The monoisotopic (exact) mass is 378 g/mol. The maximum absolute atomic E-state index is 13.0. The van der Waals surface area contributed by atoms with Crippen molar-refractivity contribution in [1.29, 1.82) is 0 Å². The summed E-state index contributed by atoms with van der Waals surface area (Å²) in [4.78, 5) is 25.9. The molecule has 146 valence electrons. The zero-order chi connectivity index (χ0) is 20.3. The van der Waals surface area contributed by atoms with Crippen LogP contribution in [0.15, 0.2) is 53.3 Å². The molecule has 1 atom stereocenters. The maximum Gasteiger partial charge on any atom is 0.252 e. The first-order valence-corrected chi connectivity index (χ1v) is 9.61. The number of para-hydroxylation sites is 1. The highest BCUT2D eigenvalue weighted by Crippen LogP contribution is 2.25. The first-order chi connectivity index (χ1) is 13.5. The van der Waals surface area contributed by atoms with E-state index < -0.39 is 6.04 Å². The Morgan fingerprint density at radius 2 is 1.79 bits per heavy atom. The van der Waals surface area contributed by atoms with E-state index in [1.807, 2.05) is 58.0 Å². The lowest BCUT2D eigenvalue weighted by atomic mass is 10.0. The predicted octanol–water partition coefficient (Wildman–Crippen LogP) is 4.61. The van der Waals surface area contributed by atoms with Gasteiger partial charge in [-0.3, -0.25) is 14.2 Å². The van der Waals surface area contributed by atoms with E-state index >= 15 is 0 Å². The minimum atomic E-state index is -0.594. The van der Waals surface area contributed by atoms with Gasteiger partial charge in [-0.05, 0) is 62.6 Å². The van der Waals surface area contributed by atoms with Crippen LogP contribution in [0.4, 0.5) is 5.69 Å². The first kappa shape index (κ1) is 19.7. The van der Waals surface area contributed by atoms with Gasteiger partial charge in [0.15, 0.2) is 0 Å². The van der Waals surface area contributed by atoms with Gasteiger partial charge in [-0.15, -0.1) is 0 Å². The number of hydrogen-bond donors (Lipinski definition) is 1. The van der Waals surface area contributed by atoms with E-state index in [-0.39, 0.29) is 11.5 Å². The average Bonchev–Trinajstić information content (AvgIpc) is 2.67. The van der Waals surface area contributed by atoms with Crippen molar-refractivity contribution < 1.29 is 9.53 Å². The summed E-state index contributed by atoms with van der Waals surface area (Å²) in [7, 11) is 0. The average molecular weight is 378 g/mol. The molecule has 1 unspecified atom stereocenters. The normalized spacial score (nSPS) is 12.0. The molecule has 0 spiro atoms. The summed E-state index contributed by atoms with van der Waals surface area (Å²) in [5, 5.41) is 3.93. The van der Waals surface area contributed by atoms with Crippen molar-refractivity contribution >= 4 is 22.5 Å². The third-order valence-electron chi connectivity index (χ3n) is 4.91. The lowest BCUT2D eigenvalue weighted by Gasteiger charge is -2.22. The molecule has 28 heavy (non-hydrogen) atoms. The molecule has 1 amide bonds. The number of aryl methyl sites for hydroxylation is 2. The van der Waals surface area contributed by atoms with Crippen LogP contribution in [0.5, 0.6) is 5.75 Å². The number of rotatable bonds is 6. The number of ether oxygens (including phenoxy) is 1. The van der Waals surface area contributed by atoms with Gasteiger partial charge in [0.1, 0.15) is 11.8 Å². The van der Waals surface area contributed by atoms with Gasteiger partial charge in [0.2, 0.25) is 5.91 Å². The molecular formula is C23H26N2O3. The highest BCUT2D eigenvalue weighted by Gasteiger charge is 2.23. The number of nitrogens with zero attached hydrogens (tertiary/aromatic N) is 1. The Morgan fingerprint density at radius 3 is 2.43 bits per heavy atom. The quantitative estimate of drug-likeness (QED) is 0.681. The summed E-state index contributed by atoms with van der Waals surface area (Å²) in [6, 6.07) is 14.2. The Bertz CT molecular complexity index is 1050.